The second kappa shape index (κ2) is 7.11. The first-order valence-corrected chi connectivity index (χ1v) is 11.9. The summed E-state index contributed by atoms with van der Waals surface area (Å²) in [6.07, 6.45) is 9.80. The highest BCUT2D eigenvalue weighted by atomic mass is 19.1. The molecule has 5 nitrogen and oxygen atoms in total. The highest BCUT2D eigenvalue weighted by Crippen LogP contribution is 2.61. The molecule has 2 heterocycles. The van der Waals surface area contributed by atoms with Crippen LogP contribution in [0.2, 0.25) is 0 Å². The number of nitrogens with zero attached hydrogens (tertiary/aromatic N) is 4. The largest absolute Gasteiger partial charge is 0.333 e. The summed E-state index contributed by atoms with van der Waals surface area (Å²) in [6, 6.07) is 16.4. The summed E-state index contributed by atoms with van der Waals surface area (Å²) in [7, 11) is 0. The number of hydrogen-bond acceptors (Lipinski definition) is 4. The minimum Gasteiger partial charge on any atom is -0.333 e. The molecular weight excluding hydrogens is 415 g/mol. The number of rotatable bonds is 4. The third-order valence-corrected chi connectivity index (χ3v) is 8.03. The Bertz CT molecular complexity index is 1270. The molecule has 4 aromatic rings. The van der Waals surface area contributed by atoms with E-state index in [-0.39, 0.29) is 11.2 Å². The Morgan fingerprint density at radius 3 is 2.21 bits per heavy atom. The molecular formula is C27H25FN4O. The maximum atomic E-state index is 13.4. The molecule has 4 aliphatic rings. The smallest absolute Gasteiger partial charge is 0.261 e. The molecule has 4 saturated carbocycles. The van der Waals surface area contributed by atoms with Crippen LogP contribution in [0.25, 0.3) is 28.5 Å². The second-order valence-electron chi connectivity index (χ2n) is 10.3. The third-order valence-electron chi connectivity index (χ3n) is 8.03. The van der Waals surface area contributed by atoms with Gasteiger partial charge in [0.05, 0.1) is 16.9 Å². The molecule has 0 aliphatic heterocycles. The minimum absolute atomic E-state index is 0.0919. The Labute approximate surface area is 191 Å². The van der Waals surface area contributed by atoms with E-state index in [1.807, 2.05) is 29.1 Å². The Morgan fingerprint density at radius 1 is 0.879 bits per heavy atom. The lowest BCUT2D eigenvalue weighted by atomic mass is 9.48. The van der Waals surface area contributed by atoms with E-state index in [0.29, 0.717) is 11.7 Å². The molecule has 0 spiro atoms. The number of halogens is 1. The predicted octanol–water partition coefficient (Wildman–Crippen LogP) is 6.20. The standard InChI is InChI=1S/C27H25FN4O/c28-21-8-6-20(7-9-21)25-29-26(33-31-25)23-16-32(22-4-2-1-3-5-22)30-24(23)27-13-17-10-18(14-27)12-19(11-17)15-27/h1-9,16-19H,10-15H2. The molecule has 0 atom stereocenters. The average Bonchev–Trinajstić information content (AvgIpc) is 3.47. The van der Waals surface area contributed by atoms with Gasteiger partial charge in [0.2, 0.25) is 5.82 Å². The molecule has 4 fully saturated rings. The maximum absolute atomic E-state index is 13.4. The Morgan fingerprint density at radius 2 is 1.55 bits per heavy atom. The van der Waals surface area contributed by atoms with Crippen molar-refractivity contribution in [3.05, 3.63) is 72.3 Å². The van der Waals surface area contributed by atoms with Gasteiger partial charge in [-0.2, -0.15) is 10.1 Å². The van der Waals surface area contributed by atoms with Crippen LogP contribution in [-0.2, 0) is 5.41 Å². The zero-order valence-corrected chi connectivity index (χ0v) is 18.3. The van der Waals surface area contributed by atoms with E-state index >= 15 is 0 Å². The number of aromatic nitrogens is 4. The van der Waals surface area contributed by atoms with E-state index in [2.05, 4.69) is 17.3 Å². The fourth-order valence-electron chi connectivity index (χ4n) is 7.08. The Balaban J connectivity index is 1.35. The molecule has 2 aromatic carbocycles. The van der Waals surface area contributed by atoms with Crippen LogP contribution in [0.1, 0.15) is 44.2 Å². The van der Waals surface area contributed by atoms with Gasteiger partial charge in [-0.1, -0.05) is 23.4 Å². The fourth-order valence-corrected chi connectivity index (χ4v) is 7.08. The van der Waals surface area contributed by atoms with Crippen molar-refractivity contribution in [3.8, 4) is 28.5 Å². The summed E-state index contributed by atoms with van der Waals surface area (Å²) >= 11 is 0. The highest BCUT2D eigenvalue weighted by molar-refractivity contribution is 5.63. The second-order valence-corrected chi connectivity index (χ2v) is 10.3. The molecule has 8 rings (SSSR count). The van der Waals surface area contributed by atoms with Crippen LogP contribution >= 0.6 is 0 Å². The summed E-state index contributed by atoms with van der Waals surface area (Å²) in [5.41, 5.74) is 3.89. The van der Waals surface area contributed by atoms with Crippen LogP contribution < -0.4 is 0 Å². The molecule has 0 radical (unpaired) electrons. The van der Waals surface area contributed by atoms with Gasteiger partial charge in [-0.3, -0.25) is 0 Å². The minimum atomic E-state index is -0.282. The first-order valence-electron chi connectivity index (χ1n) is 11.9. The van der Waals surface area contributed by atoms with Gasteiger partial charge in [-0.15, -0.1) is 0 Å². The van der Waals surface area contributed by atoms with Gasteiger partial charge in [-0.25, -0.2) is 9.07 Å². The van der Waals surface area contributed by atoms with E-state index in [4.69, 9.17) is 14.6 Å². The third kappa shape index (κ3) is 3.15. The zero-order valence-electron chi connectivity index (χ0n) is 18.3. The molecule has 0 N–H and O–H groups in total. The van der Waals surface area contributed by atoms with E-state index in [0.717, 1.165) is 40.3 Å². The van der Waals surface area contributed by atoms with Crippen LogP contribution in [0.5, 0.6) is 0 Å². The maximum Gasteiger partial charge on any atom is 0.261 e. The monoisotopic (exact) mass is 440 g/mol. The fraction of sp³-hybridized carbons (Fsp3) is 0.370. The van der Waals surface area contributed by atoms with E-state index < -0.39 is 0 Å². The first kappa shape index (κ1) is 19.2. The van der Waals surface area contributed by atoms with E-state index in [1.54, 1.807) is 12.1 Å². The Hall–Kier alpha value is -3.28. The zero-order chi connectivity index (χ0) is 22.0. The molecule has 6 heteroatoms. The number of hydrogen-bond donors (Lipinski definition) is 0. The average molecular weight is 441 g/mol. The van der Waals surface area contributed by atoms with Crippen molar-refractivity contribution in [3.63, 3.8) is 0 Å². The number of benzene rings is 2. The summed E-state index contributed by atoms with van der Waals surface area (Å²) in [5, 5.41) is 9.40. The van der Waals surface area contributed by atoms with Crippen molar-refractivity contribution in [2.75, 3.05) is 0 Å². The van der Waals surface area contributed by atoms with Gasteiger partial charge >= 0.3 is 0 Å². The van der Waals surface area contributed by atoms with Crippen LogP contribution in [0.3, 0.4) is 0 Å². The van der Waals surface area contributed by atoms with Gasteiger partial charge in [0.25, 0.3) is 5.89 Å². The molecule has 0 unspecified atom stereocenters. The van der Waals surface area contributed by atoms with Crippen molar-refractivity contribution in [1.29, 1.82) is 0 Å². The predicted molar refractivity (Wildman–Crippen MR) is 122 cm³/mol. The molecule has 4 bridgehead atoms. The lowest BCUT2D eigenvalue weighted by molar-refractivity contribution is -0.00715. The number of para-hydroxylation sites is 1. The quantitative estimate of drug-likeness (QED) is 0.379. The summed E-state index contributed by atoms with van der Waals surface area (Å²) in [5.74, 6) is 3.10. The van der Waals surface area contributed by atoms with E-state index in [1.165, 1.54) is 50.7 Å². The summed E-state index contributed by atoms with van der Waals surface area (Å²) in [6.45, 7) is 0. The molecule has 166 valence electrons. The van der Waals surface area contributed by atoms with Crippen LogP contribution in [0.4, 0.5) is 4.39 Å². The van der Waals surface area contributed by atoms with Crippen LogP contribution in [-0.4, -0.2) is 19.9 Å². The van der Waals surface area contributed by atoms with Gasteiger partial charge < -0.3 is 4.52 Å². The van der Waals surface area contributed by atoms with Crippen molar-refractivity contribution >= 4 is 0 Å². The van der Waals surface area contributed by atoms with Gasteiger partial charge in [0, 0.05) is 17.2 Å². The Kier molecular flexibility index (Phi) is 4.14. The van der Waals surface area contributed by atoms with Crippen molar-refractivity contribution in [2.24, 2.45) is 17.8 Å². The lowest BCUT2D eigenvalue weighted by Crippen LogP contribution is -2.49. The van der Waals surface area contributed by atoms with Crippen LogP contribution in [0, 0.1) is 23.6 Å². The normalized spacial score (nSPS) is 27.8. The lowest BCUT2D eigenvalue weighted by Gasteiger charge is -2.56. The summed E-state index contributed by atoms with van der Waals surface area (Å²) < 4.78 is 21.1. The summed E-state index contributed by atoms with van der Waals surface area (Å²) in [4.78, 5) is 4.72. The van der Waals surface area contributed by atoms with Gasteiger partial charge in [0.15, 0.2) is 0 Å². The van der Waals surface area contributed by atoms with Gasteiger partial charge in [-0.05, 0) is 92.7 Å². The van der Waals surface area contributed by atoms with E-state index in [9.17, 15) is 4.39 Å². The van der Waals surface area contributed by atoms with Crippen LogP contribution in [0.15, 0.2) is 65.3 Å². The molecule has 4 aliphatic carbocycles. The SMILES string of the molecule is Fc1ccc(-c2noc(-c3cn(-c4ccccc4)nc3C34CC5CC(CC(C5)C3)C4)n2)cc1. The molecule has 2 aromatic heterocycles. The van der Waals surface area contributed by atoms with Crippen molar-refractivity contribution < 1.29 is 8.91 Å². The molecule has 33 heavy (non-hydrogen) atoms. The topological polar surface area (TPSA) is 56.7 Å². The first-order chi connectivity index (χ1) is 16.1. The molecule has 0 saturated heterocycles. The highest BCUT2D eigenvalue weighted by Gasteiger charge is 2.53. The van der Waals surface area contributed by atoms with Crippen molar-refractivity contribution in [1.82, 2.24) is 19.9 Å². The van der Waals surface area contributed by atoms with Gasteiger partial charge in [0.1, 0.15) is 5.82 Å². The molecule has 0 amide bonds. The van der Waals surface area contributed by atoms with Crippen molar-refractivity contribution in [2.45, 2.75) is 43.9 Å².